The van der Waals surface area contributed by atoms with Gasteiger partial charge in [-0.25, -0.2) is 0 Å². The fraction of sp³-hybridized carbons (Fsp3) is 0.250. The average molecular weight is 269 g/mol. The molecule has 20 heavy (non-hydrogen) atoms. The monoisotopic (exact) mass is 269 g/mol. The van der Waals surface area contributed by atoms with Crippen LogP contribution in [0.25, 0.3) is 0 Å². The van der Waals surface area contributed by atoms with E-state index in [4.69, 9.17) is 5.73 Å². The molecule has 1 unspecified atom stereocenters. The number of hydrogen-bond donors (Lipinski definition) is 2. The summed E-state index contributed by atoms with van der Waals surface area (Å²) in [6, 6.07) is 10.9. The van der Waals surface area contributed by atoms with Gasteiger partial charge in [-0.2, -0.15) is 0 Å². The van der Waals surface area contributed by atoms with E-state index < -0.39 is 6.04 Å². The highest BCUT2D eigenvalue weighted by Gasteiger charge is 2.14. The maximum atomic E-state index is 12.0. The highest BCUT2D eigenvalue weighted by molar-refractivity contribution is 5.82. The van der Waals surface area contributed by atoms with Gasteiger partial charge in [0.05, 0.1) is 0 Å². The number of pyridine rings is 1. The Morgan fingerprint density at radius 3 is 2.70 bits per heavy atom. The molecular formula is C16H19N3O. The zero-order valence-electron chi connectivity index (χ0n) is 11.5. The Morgan fingerprint density at radius 2 is 2.05 bits per heavy atom. The quantitative estimate of drug-likeness (QED) is 0.869. The van der Waals surface area contributed by atoms with Crippen molar-refractivity contribution < 1.29 is 4.79 Å². The summed E-state index contributed by atoms with van der Waals surface area (Å²) in [5.41, 5.74) is 9.02. The summed E-state index contributed by atoms with van der Waals surface area (Å²) in [7, 11) is 0. The second-order valence-corrected chi connectivity index (χ2v) is 4.79. The highest BCUT2D eigenvalue weighted by atomic mass is 16.2. The Bertz CT molecular complexity index is 552. The van der Waals surface area contributed by atoms with E-state index in [1.165, 1.54) is 0 Å². The molecule has 1 amide bonds. The lowest BCUT2D eigenvalue weighted by atomic mass is 10.1. The summed E-state index contributed by atoms with van der Waals surface area (Å²) < 4.78 is 0. The number of carbonyl (C=O) groups is 1. The molecule has 0 saturated heterocycles. The van der Waals surface area contributed by atoms with Gasteiger partial charge in [-0.3, -0.25) is 9.78 Å². The van der Waals surface area contributed by atoms with E-state index >= 15 is 0 Å². The second kappa shape index (κ2) is 6.82. The summed E-state index contributed by atoms with van der Waals surface area (Å²) in [4.78, 5) is 16.0. The van der Waals surface area contributed by atoms with Crippen molar-refractivity contribution in [2.24, 2.45) is 5.73 Å². The van der Waals surface area contributed by atoms with E-state index in [-0.39, 0.29) is 5.91 Å². The van der Waals surface area contributed by atoms with Crippen molar-refractivity contribution in [2.75, 3.05) is 6.54 Å². The van der Waals surface area contributed by atoms with E-state index in [0.29, 0.717) is 6.54 Å². The van der Waals surface area contributed by atoms with E-state index in [1.54, 1.807) is 12.4 Å². The molecule has 4 heteroatoms. The number of aryl methyl sites for hydroxylation is 1. The topological polar surface area (TPSA) is 68.0 Å². The molecule has 4 nitrogen and oxygen atoms in total. The summed E-state index contributed by atoms with van der Waals surface area (Å²) in [6.07, 6.45) is 4.28. The van der Waals surface area contributed by atoms with Crippen LogP contribution in [0, 0.1) is 6.92 Å². The molecule has 1 heterocycles. The largest absolute Gasteiger partial charge is 0.354 e. The number of nitrogens with two attached hydrogens (primary N) is 1. The number of amides is 1. The van der Waals surface area contributed by atoms with Gasteiger partial charge in [0.25, 0.3) is 0 Å². The van der Waals surface area contributed by atoms with Crippen LogP contribution in [0.2, 0.25) is 0 Å². The first kappa shape index (κ1) is 14.2. The van der Waals surface area contributed by atoms with Gasteiger partial charge in [-0.05, 0) is 30.5 Å². The summed E-state index contributed by atoms with van der Waals surface area (Å²) in [6.45, 7) is 2.56. The fourth-order valence-corrected chi connectivity index (χ4v) is 1.91. The van der Waals surface area contributed by atoms with Gasteiger partial charge in [0.1, 0.15) is 6.04 Å². The lowest BCUT2D eigenvalue weighted by molar-refractivity contribution is -0.122. The van der Waals surface area contributed by atoms with Crippen LogP contribution < -0.4 is 11.1 Å². The molecule has 104 valence electrons. The van der Waals surface area contributed by atoms with E-state index in [1.807, 2.05) is 43.3 Å². The number of carbonyl (C=O) groups excluding carboxylic acids is 1. The predicted molar refractivity (Wildman–Crippen MR) is 79.1 cm³/mol. The van der Waals surface area contributed by atoms with Crippen LogP contribution >= 0.6 is 0 Å². The maximum absolute atomic E-state index is 12.0. The van der Waals surface area contributed by atoms with Crippen LogP contribution in [0.4, 0.5) is 0 Å². The molecule has 0 radical (unpaired) electrons. The van der Waals surface area contributed by atoms with Crippen molar-refractivity contribution in [1.82, 2.24) is 10.3 Å². The maximum Gasteiger partial charge on any atom is 0.241 e. The standard InChI is InChI=1S/C16H19N3O/c1-12-4-6-14(7-5-12)15(17)16(20)19-10-8-13-3-2-9-18-11-13/h2-7,9,11,15H,8,10,17H2,1H3,(H,19,20). The Kier molecular flexibility index (Phi) is 4.85. The van der Waals surface area contributed by atoms with Gasteiger partial charge in [0.2, 0.25) is 5.91 Å². The van der Waals surface area contributed by atoms with Crippen LogP contribution in [0.5, 0.6) is 0 Å². The van der Waals surface area contributed by atoms with Crippen molar-refractivity contribution in [3.8, 4) is 0 Å². The molecule has 0 bridgehead atoms. The summed E-state index contributed by atoms with van der Waals surface area (Å²) in [5.74, 6) is -0.155. The number of aromatic nitrogens is 1. The van der Waals surface area contributed by atoms with Crippen molar-refractivity contribution in [3.63, 3.8) is 0 Å². The third kappa shape index (κ3) is 3.90. The van der Waals surface area contributed by atoms with E-state index in [2.05, 4.69) is 10.3 Å². The van der Waals surface area contributed by atoms with Gasteiger partial charge in [-0.1, -0.05) is 35.9 Å². The molecule has 0 fully saturated rings. The number of nitrogens with one attached hydrogen (secondary N) is 1. The van der Waals surface area contributed by atoms with E-state index in [9.17, 15) is 4.79 Å². The Hall–Kier alpha value is -2.20. The molecule has 0 spiro atoms. The Balaban J connectivity index is 1.84. The fourth-order valence-electron chi connectivity index (χ4n) is 1.91. The van der Waals surface area contributed by atoms with Gasteiger partial charge < -0.3 is 11.1 Å². The smallest absolute Gasteiger partial charge is 0.241 e. The van der Waals surface area contributed by atoms with Crippen LogP contribution in [-0.4, -0.2) is 17.4 Å². The summed E-state index contributed by atoms with van der Waals surface area (Å²) in [5, 5.41) is 2.85. The van der Waals surface area contributed by atoms with Crippen molar-refractivity contribution in [2.45, 2.75) is 19.4 Å². The SMILES string of the molecule is Cc1ccc(C(N)C(=O)NCCc2cccnc2)cc1. The highest BCUT2D eigenvalue weighted by Crippen LogP contribution is 2.11. The normalized spacial score (nSPS) is 11.9. The molecule has 2 rings (SSSR count). The molecule has 0 saturated carbocycles. The molecule has 0 aliphatic rings. The van der Waals surface area contributed by atoms with Crippen molar-refractivity contribution in [1.29, 1.82) is 0 Å². The third-order valence-electron chi connectivity index (χ3n) is 3.15. The van der Waals surface area contributed by atoms with E-state index in [0.717, 1.165) is 23.1 Å². The van der Waals surface area contributed by atoms with Crippen molar-refractivity contribution in [3.05, 3.63) is 65.5 Å². The predicted octanol–water partition coefficient (Wildman–Crippen LogP) is 1.75. The van der Waals surface area contributed by atoms with Crippen LogP contribution in [0.3, 0.4) is 0 Å². The first-order valence-corrected chi connectivity index (χ1v) is 6.65. The molecule has 2 aromatic rings. The second-order valence-electron chi connectivity index (χ2n) is 4.79. The molecule has 0 aliphatic heterocycles. The average Bonchev–Trinajstić information content (AvgIpc) is 2.48. The minimum atomic E-state index is -0.621. The zero-order valence-corrected chi connectivity index (χ0v) is 11.5. The molecular weight excluding hydrogens is 250 g/mol. The lowest BCUT2D eigenvalue weighted by Crippen LogP contribution is -2.35. The van der Waals surface area contributed by atoms with Gasteiger partial charge in [0, 0.05) is 18.9 Å². The molecule has 0 aliphatic carbocycles. The first-order valence-electron chi connectivity index (χ1n) is 6.65. The third-order valence-corrected chi connectivity index (χ3v) is 3.15. The minimum absolute atomic E-state index is 0.155. The van der Waals surface area contributed by atoms with Crippen LogP contribution in [-0.2, 0) is 11.2 Å². The summed E-state index contributed by atoms with van der Waals surface area (Å²) >= 11 is 0. The minimum Gasteiger partial charge on any atom is -0.354 e. The molecule has 3 N–H and O–H groups in total. The number of rotatable bonds is 5. The van der Waals surface area contributed by atoms with Crippen LogP contribution in [0.1, 0.15) is 22.7 Å². The number of nitrogens with zero attached hydrogens (tertiary/aromatic N) is 1. The van der Waals surface area contributed by atoms with Gasteiger partial charge in [-0.15, -0.1) is 0 Å². The Labute approximate surface area is 119 Å². The molecule has 1 aromatic carbocycles. The van der Waals surface area contributed by atoms with Crippen LogP contribution in [0.15, 0.2) is 48.8 Å². The zero-order chi connectivity index (χ0) is 14.4. The first-order chi connectivity index (χ1) is 9.66. The lowest BCUT2D eigenvalue weighted by Gasteiger charge is -2.12. The van der Waals surface area contributed by atoms with Crippen molar-refractivity contribution >= 4 is 5.91 Å². The van der Waals surface area contributed by atoms with Gasteiger partial charge >= 0.3 is 0 Å². The molecule has 1 atom stereocenters. The van der Waals surface area contributed by atoms with Gasteiger partial charge in [0.15, 0.2) is 0 Å². The number of hydrogen-bond acceptors (Lipinski definition) is 3. The Morgan fingerprint density at radius 1 is 1.30 bits per heavy atom. The number of benzene rings is 1. The molecule has 1 aromatic heterocycles.